The number of aryl methyl sites for hydroxylation is 1. The van der Waals surface area contributed by atoms with Crippen molar-refractivity contribution >= 4 is 27.5 Å². The molecule has 0 saturated carbocycles. The van der Waals surface area contributed by atoms with Gasteiger partial charge in [0.05, 0.1) is 11.9 Å². The van der Waals surface area contributed by atoms with Gasteiger partial charge in [-0.25, -0.2) is 8.42 Å². The van der Waals surface area contributed by atoms with Gasteiger partial charge >= 0.3 is 0 Å². The zero-order valence-corrected chi connectivity index (χ0v) is 24.6. The summed E-state index contributed by atoms with van der Waals surface area (Å²) >= 11 is 0. The number of hydrogen-bond acceptors (Lipinski definition) is 6. The summed E-state index contributed by atoms with van der Waals surface area (Å²) in [7, 11) is -3.62. The number of hydrogen-bond donors (Lipinski definition) is 1. The molecule has 39 heavy (non-hydrogen) atoms. The van der Waals surface area contributed by atoms with Gasteiger partial charge in [-0.15, -0.1) is 0 Å². The first-order valence-corrected chi connectivity index (χ1v) is 15.2. The Morgan fingerprint density at radius 2 is 1.72 bits per heavy atom. The highest BCUT2D eigenvalue weighted by Crippen LogP contribution is 2.34. The van der Waals surface area contributed by atoms with E-state index in [9.17, 15) is 18.0 Å². The van der Waals surface area contributed by atoms with E-state index in [0.29, 0.717) is 43.4 Å². The number of rotatable bonds is 11. The Labute approximate surface area is 232 Å². The van der Waals surface area contributed by atoms with Crippen LogP contribution in [0.1, 0.15) is 58.1 Å². The standard InChI is InChI=1S/C29H41N3O6S/c1-7-24(28(34)30-29(3,4)5)31(20-22-12-9-8-11-21(22)2)27(33)13-10-16-32(39(6,35)36)23-14-15-25-26(19-23)38-18-17-37-25/h8-9,11-12,14-15,19,24H,7,10,13,16-18,20H2,1-6H3,(H,30,34). The predicted octanol–water partition coefficient (Wildman–Crippen LogP) is 4.03. The first kappa shape index (κ1) is 30.3. The van der Waals surface area contributed by atoms with Crippen LogP contribution >= 0.6 is 0 Å². The van der Waals surface area contributed by atoms with E-state index in [4.69, 9.17) is 9.47 Å². The van der Waals surface area contributed by atoms with E-state index < -0.39 is 21.6 Å². The average molecular weight is 560 g/mol. The second kappa shape index (κ2) is 12.7. The van der Waals surface area contributed by atoms with E-state index >= 15 is 0 Å². The molecule has 2 amide bonds. The molecule has 2 aromatic carbocycles. The van der Waals surface area contributed by atoms with Gasteiger partial charge in [-0.05, 0) is 63.8 Å². The highest BCUT2D eigenvalue weighted by Gasteiger charge is 2.31. The number of amides is 2. The zero-order chi connectivity index (χ0) is 28.8. The lowest BCUT2D eigenvalue weighted by Gasteiger charge is -2.33. The Hall–Kier alpha value is -3.27. The molecule has 10 heteroatoms. The SMILES string of the molecule is CCC(C(=O)NC(C)(C)C)N(Cc1ccccc1C)C(=O)CCCN(c1ccc2c(c1)OCCO2)S(C)(=O)=O. The van der Waals surface area contributed by atoms with Crippen molar-refractivity contribution in [1.29, 1.82) is 0 Å². The second-order valence-electron chi connectivity index (χ2n) is 10.9. The lowest BCUT2D eigenvalue weighted by atomic mass is 10.0. The molecular formula is C29H41N3O6S. The van der Waals surface area contributed by atoms with E-state index in [0.717, 1.165) is 17.4 Å². The number of carbonyl (C=O) groups is 2. The minimum absolute atomic E-state index is 0.0851. The summed E-state index contributed by atoms with van der Waals surface area (Å²) < 4.78 is 37.8. The molecule has 1 atom stereocenters. The first-order chi connectivity index (χ1) is 18.3. The van der Waals surface area contributed by atoms with Crippen LogP contribution in [0.15, 0.2) is 42.5 Å². The predicted molar refractivity (Wildman–Crippen MR) is 153 cm³/mol. The first-order valence-electron chi connectivity index (χ1n) is 13.3. The van der Waals surface area contributed by atoms with E-state index in [1.165, 1.54) is 4.31 Å². The van der Waals surface area contributed by atoms with Gasteiger partial charge in [0, 0.05) is 31.1 Å². The average Bonchev–Trinajstić information content (AvgIpc) is 2.85. The molecule has 214 valence electrons. The summed E-state index contributed by atoms with van der Waals surface area (Å²) in [6.45, 7) is 10.8. The Bertz CT molecular complexity index is 1270. The minimum Gasteiger partial charge on any atom is -0.486 e. The summed E-state index contributed by atoms with van der Waals surface area (Å²) in [5.41, 5.74) is 1.99. The summed E-state index contributed by atoms with van der Waals surface area (Å²) in [4.78, 5) is 28.5. The molecule has 1 N–H and O–H groups in total. The number of nitrogens with zero attached hydrogens (tertiary/aromatic N) is 2. The van der Waals surface area contributed by atoms with Crippen molar-refractivity contribution in [3.8, 4) is 11.5 Å². The minimum atomic E-state index is -3.62. The molecule has 0 aromatic heterocycles. The number of sulfonamides is 1. The normalized spacial score (nSPS) is 13.9. The smallest absolute Gasteiger partial charge is 0.243 e. The van der Waals surface area contributed by atoms with Crippen LogP contribution in [-0.2, 0) is 26.2 Å². The summed E-state index contributed by atoms with van der Waals surface area (Å²) in [5.74, 6) is 0.647. The Balaban J connectivity index is 1.79. The number of benzene rings is 2. The summed E-state index contributed by atoms with van der Waals surface area (Å²) in [5, 5.41) is 3.00. The fraction of sp³-hybridized carbons (Fsp3) is 0.517. The molecule has 0 aliphatic carbocycles. The van der Waals surface area contributed by atoms with Crippen molar-refractivity contribution < 1.29 is 27.5 Å². The number of anilines is 1. The molecule has 0 spiro atoms. The Morgan fingerprint density at radius 1 is 1.05 bits per heavy atom. The van der Waals surface area contributed by atoms with Crippen molar-refractivity contribution in [3.63, 3.8) is 0 Å². The van der Waals surface area contributed by atoms with Crippen LogP contribution in [0.4, 0.5) is 5.69 Å². The van der Waals surface area contributed by atoms with Crippen molar-refractivity contribution in [2.24, 2.45) is 0 Å². The molecule has 9 nitrogen and oxygen atoms in total. The van der Waals surface area contributed by atoms with Crippen molar-refractivity contribution in [3.05, 3.63) is 53.6 Å². The van der Waals surface area contributed by atoms with Crippen LogP contribution < -0.4 is 19.1 Å². The van der Waals surface area contributed by atoms with Crippen LogP contribution in [0.25, 0.3) is 0 Å². The topological polar surface area (TPSA) is 105 Å². The molecule has 1 aliphatic heterocycles. The van der Waals surface area contributed by atoms with Crippen LogP contribution in [0, 0.1) is 6.92 Å². The van der Waals surface area contributed by atoms with Gasteiger partial charge in [-0.2, -0.15) is 0 Å². The van der Waals surface area contributed by atoms with Gasteiger partial charge in [0.15, 0.2) is 11.5 Å². The summed E-state index contributed by atoms with van der Waals surface area (Å²) in [6.07, 6.45) is 1.95. The maximum atomic E-state index is 13.6. The zero-order valence-electron chi connectivity index (χ0n) is 23.8. The van der Waals surface area contributed by atoms with Crippen LogP contribution in [0.5, 0.6) is 11.5 Å². The molecule has 1 unspecified atom stereocenters. The Morgan fingerprint density at radius 3 is 2.33 bits per heavy atom. The highest BCUT2D eigenvalue weighted by atomic mass is 32.2. The van der Waals surface area contributed by atoms with Gasteiger partial charge in [0.25, 0.3) is 0 Å². The molecule has 1 heterocycles. The van der Waals surface area contributed by atoms with Crippen molar-refractivity contribution in [2.45, 2.75) is 72.0 Å². The molecule has 3 rings (SSSR count). The molecule has 0 saturated heterocycles. The fourth-order valence-corrected chi connectivity index (χ4v) is 5.49. The lowest BCUT2D eigenvalue weighted by Crippen LogP contribution is -2.53. The third-order valence-electron chi connectivity index (χ3n) is 6.45. The van der Waals surface area contributed by atoms with Gasteiger partial charge < -0.3 is 19.7 Å². The maximum Gasteiger partial charge on any atom is 0.243 e. The maximum absolute atomic E-state index is 13.6. The number of ether oxygens (including phenoxy) is 2. The van der Waals surface area contributed by atoms with E-state index in [1.54, 1.807) is 23.1 Å². The monoisotopic (exact) mass is 559 g/mol. The van der Waals surface area contributed by atoms with Gasteiger partial charge in [0.2, 0.25) is 21.8 Å². The van der Waals surface area contributed by atoms with Crippen LogP contribution in [0.2, 0.25) is 0 Å². The van der Waals surface area contributed by atoms with Gasteiger partial charge in [0.1, 0.15) is 19.3 Å². The molecule has 0 fully saturated rings. The highest BCUT2D eigenvalue weighted by molar-refractivity contribution is 7.92. The van der Waals surface area contributed by atoms with Gasteiger partial charge in [-0.1, -0.05) is 31.2 Å². The number of nitrogens with one attached hydrogen (secondary N) is 1. The third kappa shape index (κ3) is 8.36. The van der Waals surface area contributed by atoms with Crippen molar-refractivity contribution in [1.82, 2.24) is 10.2 Å². The van der Waals surface area contributed by atoms with E-state index in [-0.39, 0.29) is 31.2 Å². The largest absolute Gasteiger partial charge is 0.486 e. The molecule has 0 radical (unpaired) electrons. The quantitative estimate of drug-likeness (QED) is 0.446. The number of fused-ring (bicyclic) bond motifs is 1. The molecule has 1 aliphatic rings. The second-order valence-corrected chi connectivity index (χ2v) is 12.8. The van der Waals surface area contributed by atoms with E-state index in [2.05, 4.69) is 5.32 Å². The Kier molecular flexibility index (Phi) is 9.88. The van der Waals surface area contributed by atoms with Crippen LogP contribution in [-0.4, -0.2) is 62.7 Å². The van der Waals surface area contributed by atoms with E-state index in [1.807, 2.05) is 58.9 Å². The molecule has 0 bridgehead atoms. The van der Waals surface area contributed by atoms with Gasteiger partial charge in [-0.3, -0.25) is 13.9 Å². The number of carbonyl (C=O) groups excluding carboxylic acids is 2. The molecule has 2 aromatic rings. The molecular weight excluding hydrogens is 518 g/mol. The summed E-state index contributed by atoms with van der Waals surface area (Å²) in [6, 6.07) is 12.1. The van der Waals surface area contributed by atoms with Crippen molar-refractivity contribution in [2.75, 3.05) is 30.3 Å². The third-order valence-corrected chi connectivity index (χ3v) is 7.65. The lowest BCUT2D eigenvalue weighted by molar-refractivity contribution is -0.142. The van der Waals surface area contributed by atoms with Crippen LogP contribution in [0.3, 0.4) is 0 Å². The fourth-order valence-electron chi connectivity index (χ4n) is 4.53.